The minimum absolute atomic E-state index is 0.0781. The molecule has 1 aliphatic rings. The van der Waals surface area contributed by atoms with Crippen molar-refractivity contribution in [3.8, 4) is 5.75 Å². The minimum atomic E-state index is -0.676. The number of carbonyl (C=O) groups excluding carboxylic acids is 3. The van der Waals surface area contributed by atoms with Crippen molar-refractivity contribution in [3.63, 3.8) is 0 Å². The quantitative estimate of drug-likeness (QED) is 0.353. The number of methoxy groups -OCH3 is 1. The van der Waals surface area contributed by atoms with Crippen LogP contribution in [0.2, 0.25) is 0 Å². The van der Waals surface area contributed by atoms with Gasteiger partial charge >= 0.3 is 12.0 Å². The number of amides is 3. The van der Waals surface area contributed by atoms with Gasteiger partial charge in [-0.2, -0.15) is 0 Å². The number of carbonyl (C=O) groups is 3. The van der Waals surface area contributed by atoms with Gasteiger partial charge in [0.05, 0.1) is 11.6 Å². The summed E-state index contributed by atoms with van der Waals surface area (Å²) in [6.07, 6.45) is 1.53. The maximum Gasteiger partial charge on any atom is 0.329 e. The van der Waals surface area contributed by atoms with E-state index in [4.69, 9.17) is 4.74 Å². The number of halogens is 2. The fourth-order valence-corrected chi connectivity index (χ4v) is 3.32. The molecule has 3 amide bonds. The first-order valence-electron chi connectivity index (χ1n) is 8.45. The maximum atomic E-state index is 12.3. The van der Waals surface area contributed by atoms with E-state index in [0.29, 0.717) is 22.4 Å². The van der Waals surface area contributed by atoms with E-state index in [2.05, 4.69) is 41.9 Å². The molecule has 2 aromatic carbocycles. The first-order valence-corrected chi connectivity index (χ1v) is 10.0. The summed E-state index contributed by atoms with van der Waals surface area (Å²) in [4.78, 5) is 36.4. The van der Waals surface area contributed by atoms with Crippen molar-refractivity contribution in [1.29, 1.82) is 0 Å². The van der Waals surface area contributed by atoms with Crippen molar-refractivity contribution in [2.45, 2.75) is 6.61 Å². The van der Waals surface area contributed by atoms with Crippen LogP contribution in [0.1, 0.15) is 11.1 Å². The lowest BCUT2D eigenvalue weighted by molar-refractivity contribution is -0.143. The Labute approximate surface area is 183 Å². The first-order chi connectivity index (χ1) is 13.9. The van der Waals surface area contributed by atoms with Crippen LogP contribution in [-0.4, -0.2) is 36.5 Å². The summed E-state index contributed by atoms with van der Waals surface area (Å²) in [5.74, 6) is -0.624. The molecule has 1 fully saturated rings. The number of benzene rings is 2. The molecule has 2 aromatic rings. The Balaban J connectivity index is 1.69. The van der Waals surface area contributed by atoms with Crippen molar-refractivity contribution in [3.05, 3.63) is 68.2 Å². The Morgan fingerprint density at radius 1 is 1.14 bits per heavy atom. The maximum absolute atomic E-state index is 12.3. The Morgan fingerprint density at radius 3 is 2.52 bits per heavy atom. The van der Waals surface area contributed by atoms with Crippen molar-refractivity contribution >= 4 is 55.8 Å². The molecular weight excluding hydrogens is 508 g/mol. The van der Waals surface area contributed by atoms with Gasteiger partial charge in [0.25, 0.3) is 5.91 Å². The molecule has 150 valence electrons. The summed E-state index contributed by atoms with van der Waals surface area (Å²) in [5, 5.41) is 2.46. The lowest BCUT2D eigenvalue weighted by atomic mass is 10.2. The Bertz CT molecular complexity index is 989. The number of imide groups is 1. The third-order valence-corrected chi connectivity index (χ3v) is 5.20. The molecule has 1 heterocycles. The molecule has 7 nitrogen and oxygen atoms in total. The second-order valence-corrected chi connectivity index (χ2v) is 7.83. The highest BCUT2D eigenvalue weighted by Crippen LogP contribution is 2.28. The number of rotatable bonds is 6. The standard InChI is InChI=1S/C20H16Br2N2O5/c1-28-18(25)10-24-19(26)16(23-20(24)27)9-13-4-7-17(15(22)8-13)29-11-12-2-5-14(21)6-3-12/h2-9H,10-11H2,1H3,(H,23,27)/b16-9+. The fraction of sp³-hybridized carbons (Fsp3) is 0.150. The van der Waals surface area contributed by atoms with Crippen LogP contribution in [0.15, 0.2) is 57.1 Å². The van der Waals surface area contributed by atoms with Crippen LogP contribution in [0.5, 0.6) is 5.75 Å². The van der Waals surface area contributed by atoms with Crippen LogP contribution >= 0.6 is 31.9 Å². The van der Waals surface area contributed by atoms with Crippen LogP contribution in [0.4, 0.5) is 4.79 Å². The molecule has 3 rings (SSSR count). The zero-order chi connectivity index (χ0) is 21.0. The molecule has 1 N–H and O–H groups in total. The van der Waals surface area contributed by atoms with Gasteiger partial charge in [0.2, 0.25) is 0 Å². The van der Waals surface area contributed by atoms with Gasteiger partial charge in [-0.05, 0) is 57.4 Å². The zero-order valence-corrected chi connectivity index (χ0v) is 18.4. The van der Waals surface area contributed by atoms with Gasteiger partial charge in [-0.15, -0.1) is 0 Å². The summed E-state index contributed by atoms with van der Waals surface area (Å²) in [5.41, 5.74) is 1.78. The molecule has 29 heavy (non-hydrogen) atoms. The molecule has 0 radical (unpaired) electrons. The van der Waals surface area contributed by atoms with E-state index in [9.17, 15) is 14.4 Å². The summed E-state index contributed by atoms with van der Waals surface area (Å²) in [7, 11) is 1.19. The van der Waals surface area contributed by atoms with E-state index in [1.807, 2.05) is 24.3 Å². The largest absolute Gasteiger partial charge is 0.488 e. The average Bonchev–Trinajstić information content (AvgIpc) is 2.96. The van der Waals surface area contributed by atoms with E-state index in [1.54, 1.807) is 18.2 Å². The van der Waals surface area contributed by atoms with Gasteiger partial charge in [-0.1, -0.05) is 34.1 Å². The predicted molar refractivity (Wildman–Crippen MR) is 113 cm³/mol. The van der Waals surface area contributed by atoms with E-state index >= 15 is 0 Å². The molecule has 0 bridgehead atoms. The number of nitrogens with zero attached hydrogens (tertiary/aromatic N) is 1. The average molecular weight is 524 g/mol. The van der Waals surface area contributed by atoms with Crippen LogP contribution in [-0.2, 0) is 20.9 Å². The highest BCUT2D eigenvalue weighted by molar-refractivity contribution is 9.10. The SMILES string of the molecule is COC(=O)CN1C(=O)N/C(=C/c2ccc(OCc3ccc(Br)cc3)c(Br)c2)C1=O. The Hall–Kier alpha value is -2.65. The highest BCUT2D eigenvalue weighted by Gasteiger charge is 2.35. The second-order valence-electron chi connectivity index (χ2n) is 6.06. The molecule has 0 unspecified atom stereocenters. The summed E-state index contributed by atoms with van der Waals surface area (Å²) in [6, 6.07) is 12.4. The molecule has 0 aliphatic carbocycles. The minimum Gasteiger partial charge on any atom is -0.488 e. The third-order valence-electron chi connectivity index (χ3n) is 4.05. The summed E-state index contributed by atoms with van der Waals surface area (Å²) in [6.45, 7) is -0.0333. The number of ether oxygens (including phenoxy) is 2. The lowest BCUT2D eigenvalue weighted by Gasteiger charge is -2.10. The Morgan fingerprint density at radius 2 is 1.86 bits per heavy atom. The summed E-state index contributed by atoms with van der Waals surface area (Å²) >= 11 is 6.85. The van der Waals surface area contributed by atoms with E-state index in [1.165, 1.54) is 13.2 Å². The monoisotopic (exact) mass is 522 g/mol. The number of hydrogen-bond acceptors (Lipinski definition) is 5. The number of esters is 1. The van der Waals surface area contributed by atoms with Crippen molar-refractivity contribution < 1.29 is 23.9 Å². The van der Waals surface area contributed by atoms with Gasteiger partial charge in [0.1, 0.15) is 24.6 Å². The molecule has 1 aliphatic heterocycles. The van der Waals surface area contributed by atoms with Crippen LogP contribution < -0.4 is 10.1 Å². The number of nitrogens with one attached hydrogen (secondary N) is 1. The van der Waals surface area contributed by atoms with Crippen molar-refractivity contribution in [1.82, 2.24) is 10.2 Å². The first kappa shape index (κ1) is 21.1. The zero-order valence-electron chi connectivity index (χ0n) is 15.3. The smallest absolute Gasteiger partial charge is 0.329 e. The van der Waals surface area contributed by atoms with Gasteiger partial charge in [0.15, 0.2) is 0 Å². The normalized spacial score (nSPS) is 14.9. The van der Waals surface area contributed by atoms with E-state index in [-0.39, 0.29) is 5.70 Å². The van der Waals surface area contributed by atoms with Gasteiger partial charge in [-0.25, -0.2) is 9.69 Å². The van der Waals surface area contributed by atoms with E-state index in [0.717, 1.165) is 14.9 Å². The van der Waals surface area contributed by atoms with Crippen LogP contribution in [0.25, 0.3) is 6.08 Å². The van der Waals surface area contributed by atoms with Gasteiger partial charge < -0.3 is 14.8 Å². The van der Waals surface area contributed by atoms with Crippen molar-refractivity contribution in [2.24, 2.45) is 0 Å². The van der Waals surface area contributed by atoms with Gasteiger partial charge in [0, 0.05) is 4.47 Å². The number of hydrogen-bond donors (Lipinski definition) is 1. The molecule has 0 atom stereocenters. The van der Waals surface area contributed by atoms with Gasteiger partial charge in [-0.3, -0.25) is 9.59 Å². The lowest BCUT2D eigenvalue weighted by Crippen LogP contribution is -2.36. The fourth-order valence-electron chi connectivity index (χ4n) is 2.54. The molecular formula is C20H16Br2N2O5. The van der Waals surface area contributed by atoms with Crippen molar-refractivity contribution in [2.75, 3.05) is 13.7 Å². The Kier molecular flexibility index (Phi) is 6.71. The molecule has 0 aromatic heterocycles. The number of urea groups is 1. The van der Waals surface area contributed by atoms with Crippen LogP contribution in [0, 0.1) is 0 Å². The van der Waals surface area contributed by atoms with E-state index < -0.39 is 24.5 Å². The topological polar surface area (TPSA) is 84.9 Å². The summed E-state index contributed by atoms with van der Waals surface area (Å²) < 4.78 is 12.0. The highest BCUT2D eigenvalue weighted by atomic mass is 79.9. The molecule has 0 saturated carbocycles. The third kappa shape index (κ3) is 5.24. The van der Waals surface area contributed by atoms with Crippen LogP contribution in [0.3, 0.4) is 0 Å². The molecule has 1 saturated heterocycles. The predicted octanol–water partition coefficient (Wildman–Crippen LogP) is 3.86. The second kappa shape index (κ2) is 9.23. The molecule has 0 spiro atoms. The molecule has 9 heteroatoms.